The van der Waals surface area contributed by atoms with Crippen LogP contribution in [0.25, 0.3) is 0 Å². The molecule has 1 aromatic carbocycles. The van der Waals surface area contributed by atoms with Gasteiger partial charge in [-0.2, -0.15) is 0 Å². The van der Waals surface area contributed by atoms with Gasteiger partial charge in [0.1, 0.15) is 17.4 Å². The van der Waals surface area contributed by atoms with Crippen LogP contribution in [-0.4, -0.2) is 43.4 Å². The van der Waals surface area contributed by atoms with Gasteiger partial charge in [-0.05, 0) is 17.7 Å². The van der Waals surface area contributed by atoms with Crippen molar-refractivity contribution in [3.63, 3.8) is 0 Å². The van der Waals surface area contributed by atoms with Gasteiger partial charge in [-0.25, -0.2) is 4.79 Å². The van der Waals surface area contributed by atoms with Crippen molar-refractivity contribution in [2.75, 3.05) is 5.75 Å². The third-order valence-electron chi connectivity index (χ3n) is 2.42. The maximum absolute atomic E-state index is 10.7. The smallest absolute Gasteiger partial charge is 0.339 e. The molecule has 2 unspecified atom stereocenters. The van der Waals surface area contributed by atoms with Gasteiger partial charge in [0, 0.05) is 12.7 Å². The lowest BCUT2D eigenvalue weighted by Gasteiger charge is -2.17. The first-order valence-corrected chi connectivity index (χ1v) is 6.37. The fourth-order valence-corrected chi connectivity index (χ4v) is 2.02. The third kappa shape index (κ3) is 4.23. The Morgan fingerprint density at radius 2 is 1.95 bits per heavy atom. The lowest BCUT2D eigenvalue weighted by Crippen LogP contribution is -2.21. The normalized spacial score (nSPS) is 13.8. The molecule has 0 amide bonds. The van der Waals surface area contributed by atoms with Crippen LogP contribution in [0.5, 0.6) is 5.75 Å². The number of hydrogen-bond acceptors (Lipinski definition) is 6. The highest BCUT2D eigenvalue weighted by atomic mass is 32.2. The Labute approximate surface area is 113 Å². The van der Waals surface area contributed by atoms with Crippen LogP contribution < -0.4 is 0 Å². The number of benzene rings is 1. The molecular formula is C12H14O6S. The summed E-state index contributed by atoms with van der Waals surface area (Å²) in [6, 6.07) is 3.52. The zero-order chi connectivity index (χ0) is 14.6. The van der Waals surface area contributed by atoms with E-state index in [9.17, 15) is 24.9 Å². The van der Waals surface area contributed by atoms with Crippen LogP contribution in [0.15, 0.2) is 18.2 Å². The first-order chi connectivity index (χ1) is 8.82. The van der Waals surface area contributed by atoms with E-state index in [0.717, 1.165) is 23.9 Å². The highest BCUT2D eigenvalue weighted by Gasteiger charge is 2.21. The number of carboxylic acids is 1. The van der Waals surface area contributed by atoms with Crippen LogP contribution in [0, 0.1) is 0 Å². The van der Waals surface area contributed by atoms with Gasteiger partial charge in [-0.15, -0.1) is 0 Å². The lowest BCUT2D eigenvalue weighted by atomic mass is 10.0. The van der Waals surface area contributed by atoms with E-state index in [-0.39, 0.29) is 22.0 Å². The fourth-order valence-electron chi connectivity index (χ4n) is 1.43. The van der Waals surface area contributed by atoms with E-state index in [1.54, 1.807) is 0 Å². The molecule has 4 N–H and O–H groups in total. The molecule has 0 aliphatic heterocycles. The van der Waals surface area contributed by atoms with Crippen molar-refractivity contribution in [3.05, 3.63) is 29.3 Å². The van der Waals surface area contributed by atoms with Gasteiger partial charge < -0.3 is 20.4 Å². The molecule has 0 aliphatic rings. The van der Waals surface area contributed by atoms with E-state index in [0.29, 0.717) is 0 Å². The number of rotatable bonds is 5. The molecule has 6 nitrogen and oxygen atoms in total. The van der Waals surface area contributed by atoms with E-state index in [4.69, 9.17) is 5.11 Å². The molecular weight excluding hydrogens is 272 g/mol. The molecule has 0 bridgehead atoms. The number of carboxylic acid groups (broad SMARTS) is 1. The Kier molecular flexibility index (Phi) is 5.34. The maximum Gasteiger partial charge on any atom is 0.339 e. The predicted octanol–water partition coefficient (Wildman–Crippen LogP) is 0.764. The highest BCUT2D eigenvalue weighted by molar-refractivity contribution is 8.13. The first-order valence-electron chi connectivity index (χ1n) is 5.38. The van der Waals surface area contributed by atoms with Gasteiger partial charge in [0.2, 0.25) is 0 Å². The quantitative estimate of drug-likeness (QED) is 0.631. The van der Waals surface area contributed by atoms with Gasteiger partial charge in [0.05, 0.1) is 6.10 Å². The maximum atomic E-state index is 10.7. The van der Waals surface area contributed by atoms with E-state index >= 15 is 0 Å². The van der Waals surface area contributed by atoms with E-state index in [1.165, 1.54) is 13.0 Å². The molecule has 1 rings (SSSR count). The van der Waals surface area contributed by atoms with Gasteiger partial charge in [0.15, 0.2) is 5.12 Å². The standard InChI is InChI=1S/C12H14O6S/c1-6(13)19-5-10(15)11(16)7-2-3-8(12(17)18)9(14)4-7/h2-4,10-11,14-16H,5H2,1H3,(H,17,18). The highest BCUT2D eigenvalue weighted by Crippen LogP contribution is 2.26. The van der Waals surface area contributed by atoms with E-state index in [1.807, 2.05) is 0 Å². The lowest BCUT2D eigenvalue weighted by molar-refractivity contribution is -0.109. The topological polar surface area (TPSA) is 115 Å². The van der Waals surface area contributed by atoms with E-state index in [2.05, 4.69) is 0 Å². The number of aliphatic hydroxyl groups is 2. The van der Waals surface area contributed by atoms with Crippen molar-refractivity contribution in [3.8, 4) is 5.75 Å². The van der Waals surface area contributed by atoms with Crippen LogP contribution in [-0.2, 0) is 4.79 Å². The Bertz CT molecular complexity index is 487. The van der Waals surface area contributed by atoms with Crippen molar-refractivity contribution < 1.29 is 30.0 Å². The monoisotopic (exact) mass is 286 g/mol. The van der Waals surface area contributed by atoms with E-state index < -0.39 is 23.9 Å². The Morgan fingerprint density at radius 1 is 1.32 bits per heavy atom. The zero-order valence-electron chi connectivity index (χ0n) is 10.1. The average Bonchev–Trinajstić information content (AvgIpc) is 2.34. The molecule has 0 fully saturated rings. The van der Waals surface area contributed by atoms with Crippen LogP contribution in [0.4, 0.5) is 0 Å². The van der Waals surface area contributed by atoms with Crippen molar-refractivity contribution in [1.29, 1.82) is 0 Å². The second-order valence-corrected chi connectivity index (χ2v) is 5.09. The number of carbonyl (C=O) groups is 2. The van der Waals surface area contributed by atoms with Crippen LogP contribution in [0.3, 0.4) is 0 Å². The molecule has 1 aromatic rings. The minimum absolute atomic E-state index is 0.0118. The molecule has 2 atom stereocenters. The fraction of sp³-hybridized carbons (Fsp3) is 0.333. The van der Waals surface area contributed by atoms with Gasteiger partial charge in [-0.1, -0.05) is 17.8 Å². The molecule has 7 heteroatoms. The molecule has 0 heterocycles. The Hall–Kier alpha value is -1.57. The first kappa shape index (κ1) is 15.5. The van der Waals surface area contributed by atoms with Crippen molar-refractivity contribution in [2.45, 2.75) is 19.1 Å². The van der Waals surface area contributed by atoms with Crippen LogP contribution in [0.1, 0.15) is 28.9 Å². The molecule has 0 saturated carbocycles. The van der Waals surface area contributed by atoms with Gasteiger partial charge >= 0.3 is 5.97 Å². The second-order valence-electron chi connectivity index (χ2n) is 3.90. The minimum atomic E-state index is -1.31. The number of thioether (sulfide) groups is 1. The molecule has 0 aliphatic carbocycles. The number of aliphatic hydroxyl groups excluding tert-OH is 2. The van der Waals surface area contributed by atoms with Gasteiger partial charge in [0.25, 0.3) is 0 Å². The van der Waals surface area contributed by atoms with Crippen molar-refractivity contribution in [1.82, 2.24) is 0 Å². The summed E-state index contributed by atoms with van der Waals surface area (Å²) in [4.78, 5) is 21.4. The summed E-state index contributed by atoms with van der Waals surface area (Å²) >= 11 is 0.869. The molecule has 0 saturated heterocycles. The number of aromatic carboxylic acids is 1. The number of carbonyl (C=O) groups excluding carboxylic acids is 1. The Morgan fingerprint density at radius 3 is 2.42 bits per heavy atom. The average molecular weight is 286 g/mol. The summed E-state index contributed by atoms with van der Waals surface area (Å²) in [6.07, 6.45) is -2.50. The molecule has 19 heavy (non-hydrogen) atoms. The largest absolute Gasteiger partial charge is 0.507 e. The molecule has 0 spiro atoms. The summed E-state index contributed by atoms with van der Waals surface area (Å²) in [7, 11) is 0. The van der Waals surface area contributed by atoms with Crippen LogP contribution >= 0.6 is 11.8 Å². The Balaban J connectivity index is 2.82. The minimum Gasteiger partial charge on any atom is -0.507 e. The van der Waals surface area contributed by atoms with Gasteiger partial charge in [-0.3, -0.25) is 4.79 Å². The molecule has 104 valence electrons. The molecule has 0 aromatic heterocycles. The number of hydrogen-bond donors (Lipinski definition) is 4. The summed E-state index contributed by atoms with van der Waals surface area (Å²) < 4.78 is 0. The zero-order valence-corrected chi connectivity index (χ0v) is 10.9. The number of aromatic hydroxyl groups is 1. The summed E-state index contributed by atoms with van der Waals surface area (Å²) in [5.41, 5.74) is -0.109. The summed E-state index contributed by atoms with van der Waals surface area (Å²) in [5.74, 6) is -1.76. The SMILES string of the molecule is CC(=O)SCC(O)C(O)c1ccc(C(=O)O)c(O)c1. The van der Waals surface area contributed by atoms with Crippen molar-refractivity contribution in [2.24, 2.45) is 0 Å². The summed E-state index contributed by atoms with van der Waals surface area (Å²) in [6.45, 7) is 1.34. The number of phenols is 1. The second kappa shape index (κ2) is 6.55. The third-order valence-corrected chi connectivity index (χ3v) is 3.33. The van der Waals surface area contributed by atoms with Crippen molar-refractivity contribution >= 4 is 22.8 Å². The predicted molar refractivity (Wildman–Crippen MR) is 69.2 cm³/mol. The summed E-state index contributed by atoms with van der Waals surface area (Å²) in [5, 5.41) is 37.5. The molecule has 0 radical (unpaired) electrons. The van der Waals surface area contributed by atoms with Crippen LogP contribution in [0.2, 0.25) is 0 Å².